The number of aryl methyl sites for hydroxylation is 1. The van der Waals surface area contributed by atoms with E-state index in [1.807, 2.05) is 55.5 Å². The highest BCUT2D eigenvalue weighted by molar-refractivity contribution is 5.89. The molecule has 0 aliphatic heterocycles. The molecule has 0 saturated carbocycles. The van der Waals surface area contributed by atoms with Gasteiger partial charge in [0, 0.05) is 13.1 Å². The number of hydrogen-bond acceptors (Lipinski definition) is 6. The third-order valence-electron chi connectivity index (χ3n) is 6.80. The molecule has 4 rings (SSSR count). The fraction of sp³-hybridized carbons (Fsp3) is 0.355. The van der Waals surface area contributed by atoms with Crippen LogP contribution in [0, 0.1) is 12.8 Å². The molecule has 40 heavy (non-hydrogen) atoms. The Balaban J connectivity index is 1.76. The fourth-order valence-electron chi connectivity index (χ4n) is 4.54. The van der Waals surface area contributed by atoms with Gasteiger partial charge in [0.15, 0.2) is 11.5 Å². The maximum Gasteiger partial charge on any atom is 0.247 e. The predicted octanol–water partition coefficient (Wildman–Crippen LogP) is 4.69. The first-order chi connectivity index (χ1) is 19.3. The van der Waals surface area contributed by atoms with Crippen LogP contribution in [-0.2, 0) is 22.7 Å². The molecule has 3 aromatic carbocycles. The smallest absolute Gasteiger partial charge is 0.247 e. The van der Waals surface area contributed by atoms with Crippen molar-refractivity contribution in [3.63, 3.8) is 0 Å². The second-order valence-electron chi connectivity index (χ2n) is 10.2. The van der Waals surface area contributed by atoms with Gasteiger partial charge in [-0.3, -0.25) is 9.59 Å². The standard InChI is InChI=1S/C31H37N5O4/c1-21(2)16-17-32-31(38)30(24-14-15-27(39-4)28(18-24)40-5)35(19-23-12-10-22(3)11-13-23)29(37)20-36-26-9-7-6-8-25(26)33-34-36/h6-15,18,21,30H,16-17,19-20H2,1-5H3,(H,32,38)/t30-/m0/s1. The number of para-hydroxylation sites is 1. The van der Waals surface area contributed by atoms with Gasteiger partial charge in [-0.15, -0.1) is 5.10 Å². The second kappa shape index (κ2) is 13.1. The summed E-state index contributed by atoms with van der Waals surface area (Å²) in [5.41, 5.74) is 4.07. The van der Waals surface area contributed by atoms with E-state index < -0.39 is 6.04 Å². The number of ether oxygens (including phenoxy) is 2. The molecule has 0 spiro atoms. The molecule has 9 nitrogen and oxygen atoms in total. The van der Waals surface area contributed by atoms with Crippen molar-refractivity contribution < 1.29 is 19.1 Å². The first-order valence-corrected chi connectivity index (χ1v) is 13.4. The average molecular weight is 544 g/mol. The zero-order chi connectivity index (χ0) is 28.6. The molecule has 0 fully saturated rings. The van der Waals surface area contributed by atoms with Gasteiger partial charge in [0.1, 0.15) is 18.1 Å². The Kier molecular flexibility index (Phi) is 9.37. The van der Waals surface area contributed by atoms with Crippen LogP contribution in [0.2, 0.25) is 0 Å². The number of nitrogens with one attached hydrogen (secondary N) is 1. The molecule has 0 saturated heterocycles. The molecular formula is C31H37N5O4. The lowest BCUT2D eigenvalue weighted by Crippen LogP contribution is -2.45. The molecular weight excluding hydrogens is 506 g/mol. The van der Waals surface area contributed by atoms with E-state index in [0.717, 1.165) is 23.1 Å². The van der Waals surface area contributed by atoms with Crippen LogP contribution in [0.5, 0.6) is 11.5 Å². The highest BCUT2D eigenvalue weighted by Gasteiger charge is 2.33. The number of amides is 2. The largest absolute Gasteiger partial charge is 0.493 e. The maximum absolute atomic E-state index is 14.1. The minimum Gasteiger partial charge on any atom is -0.493 e. The lowest BCUT2D eigenvalue weighted by Gasteiger charge is -2.32. The number of carbonyl (C=O) groups is 2. The van der Waals surface area contributed by atoms with E-state index in [9.17, 15) is 9.59 Å². The molecule has 9 heteroatoms. The summed E-state index contributed by atoms with van der Waals surface area (Å²) in [6.07, 6.45) is 0.821. The molecule has 0 bridgehead atoms. The van der Waals surface area contributed by atoms with Crippen molar-refractivity contribution in [3.8, 4) is 11.5 Å². The normalized spacial score (nSPS) is 11.8. The first kappa shape index (κ1) is 28.6. The van der Waals surface area contributed by atoms with E-state index in [1.165, 1.54) is 0 Å². The molecule has 1 N–H and O–H groups in total. The third kappa shape index (κ3) is 6.77. The Morgan fingerprint density at radius 1 is 0.975 bits per heavy atom. The number of methoxy groups -OCH3 is 2. The number of benzene rings is 3. The van der Waals surface area contributed by atoms with Crippen LogP contribution in [0.25, 0.3) is 11.0 Å². The van der Waals surface area contributed by atoms with Crippen molar-refractivity contribution >= 4 is 22.8 Å². The van der Waals surface area contributed by atoms with Crippen molar-refractivity contribution in [2.24, 2.45) is 5.92 Å². The van der Waals surface area contributed by atoms with Gasteiger partial charge in [-0.1, -0.05) is 67.1 Å². The Bertz CT molecular complexity index is 1450. The molecule has 1 aromatic heterocycles. The fourth-order valence-corrected chi connectivity index (χ4v) is 4.54. The molecule has 0 unspecified atom stereocenters. The van der Waals surface area contributed by atoms with E-state index >= 15 is 0 Å². The van der Waals surface area contributed by atoms with Crippen LogP contribution in [0.4, 0.5) is 0 Å². The molecule has 0 radical (unpaired) electrons. The van der Waals surface area contributed by atoms with E-state index in [0.29, 0.717) is 35.0 Å². The summed E-state index contributed by atoms with van der Waals surface area (Å²) in [6.45, 7) is 6.87. The summed E-state index contributed by atoms with van der Waals surface area (Å²) in [4.78, 5) is 29.6. The van der Waals surface area contributed by atoms with Gasteiger partial charge in [0.05, 0.1) is 19.7 Å². The molecule has 0 aliphatic carbocycles. The van der Waals surface area contributed by atoms with Gasteiger partial charge in [0.2, 0.25) is 11.8 Å². The molecule has 210 valence electrons. The van der Waals surface area contributed by atoms with E-state index in [2.05, 4.69) is 29.5 Å². The number of hydrogen-bond donors (Lipinski definition) is 1. The van der Waals surface area contributed by atoms with E-state index in [4.69, 9.17) is 9.47 Å². The van der Waals surface area contributed by atoms with Gasteiger partial charge in [-0.25, -0.2) is 4.68 Å². The number of fused-ring (bicyclic) bond motifs is 1. The Morgan fingerprint density at radius 3 is 2.40 bits per heavy atom. The topological polar surface area (TPSA) is 98.6 Å². The Labute approximate surface area is 235 Å². The number of carbonyl (C=O) groups excluding carboxylic acids is 2. The van der Waals surface area contributed by atoms with Crippen molar-refractivity contribution in [1.82, 2.24) is 25.2 Å². The summed E-state index contributed by atoms with van der Waals surface area (Å²) < 4.78 is 12.5. The van der Waals surface area contributed by atoms with Gasteiger partial charge in [-0.2, -0.15) is 0 Å². The number of nitrogens with zero attached hydrogens (tertiary/aromatic N) is 4. The molecule has 4 aromatic rings. The molecule has 1 atom stereocenters. The Morgan fingerprint density at radius 2 is 1.70 bits per heavy atom. The Hall–Kier alpha value is -4.40. The lowest BCUT2D eigenvalue weighted by atomic mass is 10.0. The minimum absolute atomic E-state index is 0.0740. The highest BCUT2D eigenvalue weighted by Crippen LogP contribution is 2.33. The van der Waals surface area contributed by atoms with Gasteiger partial charge in [0.25, 0.3) is 0 Å². The minimum atomic E-state index is -0.921. The summed E-state index contributed by atoms with van der Waals surface area (Å²) in [7, 11) is 3.10. The zero-order valence-electron chi connectivity index (χ0n) is 23.8. The molecule has 0 aliphatic rings. The van der Waals surface area contributed by atoms with Crippen LogP contribution in [0.1, 0.15) is 43.0 Å². The summed E-state index contributed by atoms with van der Waals surface area (Å²) >= 11 is 0. The lowest BCUT2D eigenvalue weighted by molar-refractivity contribution is -0.142. The zero-order valence-corrected chi connectivity index (χ0v) is 23.8. The summed E-state index contributed by atoms with van der Waals surface area (Å²) in [5.74, 6) is 0.901. The average Bonchev–Trinajstić information content (AvgIpc) is 3.36. The van der Waals surface area contributed by atoms with E-state index in [1.54, 1.807) is 42.0 Å². The molecule has 2 amide bonds. The van der Waals surface area contributed by atoms with Gasteiger partial charge < -0.3 is 19.7 Å². The quantitative estimate of drug-likeness (QED) is 0.278. The van der Waals surface area contributed by atoms with Crippen molar-refractivity contribution in [3.05, 3.63) is 83.4 Å². The maximum atomic E-state index is 14.1. The number of aromatic nitrogens is 3. The van der Waals surface area contributed by atoms with Gasteiger partial charge >= 0.3 is 0 Å². The van der Waals surface area contributed by atoms with Crippen molar-refractivity contribution in [1.29, 1.82) is 0 Å². The summed E-state index contributed by atoms with van der Waals surface area (Å²) in [5, 5.41) is 11.5. The highest BCUT2D eigenvalue weighted by atomic mass is 16.5. The summed E-state index contributed by atoms with van der Waals surface area (Å²) in [6, 6.07) is 19.8. The van der Waals surface area contributed by atoms with Crippen LogP contribution < -0.4 is 14.8 Å². The predicted molar refractivity (Wildman–Crippen MR) is 154 cm³/mol. The molecule has 1 heterocycles. The van der Waals surface area contributed by atoms with Crippen molar-refractivity contribution in [2.45, 2.75) is 46.3 Å². The van der Waals surface area contributed by atoms with E-state index in [-0.39, 0.29) is 24.9 Å². The van der Waals surface area contributed by atoms with Gasteiger partial charge in [-0.05, 0) is 54.7 Å². The van der Waals surface area contributed by atoms with Crippen LogP contribution in [-0.4, -0.2) is 52.5 Å². The third-order valence-corrected chi connectivity index (χ3v) is 6.80. The van der Waals surface area contributed by atoms with Crippen LogP contribution in [0.3, 0.4) is 0 Å². The number of rotatable bonds is 12. The SMILES string of the molecule is COc1ccc([C@@H](C(=O)NCCC(C)C)N(Cc2ccc(C)cc2)C(=O)Cn2nnc3ccccc32)cc1OC. The van der Waals surface area contributed by atoms with Crippen LogP contribution in [0.15, 0.2) is 66.7 Å². The monoisotopic (exact) mass is 543 g/mol. The van der Waals surface area contributed by atoms with Crippen molar-refractivity contribution in [2.75, 3.05) is 20.8 Å². The van der Waals surface area contributed by atoms with Crippen LogP contribution >= 0.6 is 0 Å². The second-order valence-corrected chi connectivity index (χ2v) is 10.2. The first-order valence-electron chi connectivity index (χ1n) is 13.4.